The Morgan fingerprint density at radius 1 is 1.06 bits per heavy atom. The molecule has 0 spiro atoms. The molecule has 0 aliphatic carbocycles. The summed E-state index contributed by atoms with van der Waals surface area (Å²) in [6.45, 7) is 4.61. The van der Waals surface area contributed by atoms with Crippen molar-refractivity contribution in [3.63, 3.8) is 0 Å². The van der Waals surface area contributed by atoms with Gasteiger partial charge in [-0.3, -0.25) is 4.98 Å². The van der Waals surface area contributed by atoms with Gasteiger partial charge < -0.3 is 4.57 Å². The Hall–Kier alpha value is -3.68. The molecule has 0 radical (unpaired) electrons. The maximum Gasteiger partial charge on any atom is 0.174 e. The topological polar surface area (TPSA) is 61.4 Å². The molecule has 1 atom stereocenters. The number of nitrogens with zero attached hydrogens (tertiary/aromatic N) is 6. The molecule has 0 saturated carbocycles. The largest absolute Gasteiger partial charge is 0.304 e. The minimum absolute atomic E-state index is 0.313. The van der Waals surface area contributed by atoms with E-state index in [0.29, 0.717) is 30.2 Å². The SMILES string of the molecule is Cc1cn(-c2ccc(/C=C/c3nc4n(n3)CCC[C@@H]4c3cc(F)ccc3F)nc2C)cn1. The van der Waals surface area contributed by atoms with Crippen LogP contribution in [0.15, 0.2) is 42.9 Å². The van der Waals surface area contributed by atoms with Crippen LogP contribution in [-0.2, 0) is 6.54 Å². The van der Waals surface area contributed by atoms with E-state index >= 15 is 0 Å². The predicted octanol–water partition coefficient (Wildman–Crippen LogP) is 4.85. The first-order valence-electron chi connectivity index (χ1n) is 10.5. The molecule has 0 amide bonds. The summed E-state index contributed by atoms with van der Waals surface area (Å²) in [5, 5.41) is 4.55. The van der Waals surface area contributed by atoms with Crippen LogP contribution in [0, 0.1) is 25.5 Å². The highest BCUT2D eigenvalue weighted by atomic mass is 19.1. The minimum Gasteiger partial charge on any atom is -0.304 e. The molecular weight excluding hydrogens is 410 g/mol. The molecule has 0 N–H and O–H groups in total. The van der Waals surface area contributed by atoms with Gasteiger partial charge in [-0.15, -0.1) is 0 Å². The summed E-state index contributed by atoms with van der Waals surface area (Å²) >= 11 is 0. The first-order valence-corrected chi connectivity index (χ1v) is 10.5. The number of fused-ring (bicyclic) bond motifs is 1. The van der Waals surface area contributed by atoms with Crippen LogP contribution in [-0.4, -0.2) is 29.3 Å². The van der Waals surface area contributed by atoms with Crippen molar-refractivity contribution in [2.24, 2.45) is 0 Å². The quantitative estimate of drug-likeness (QED) is 0.463. The van der Waals surface area contributed by atoms with Gasteiger partial charge in [-0.1, -0.05) is 0 Å². The molecule has 6 nitrogen and oxygen atoms in total. The fourth-order valence-electron chi connectivity index (χ4n) is 4.17. The zero-order valence-electron chi connectivity index (χ0n) is 17.8. The Labute approximate surface area is 184 Å². The van der Waals surface area contributed by atoms with Gasteiger partial charge >= 0.3 is 0 Å². The van der Waals surface area contributed by atoms with Crippen LogP contribution in [0.5, 0.6) is 0 Å². The lowest BCUT2D eigenvalue weighted by Gasteiger charge is -2.22. The molecule has 4 aromatic rings. The van der Waals surface area contributed by atoms with Crippen molar-refractivity contribution >= 4 is 12.2 Å². The molecule has 0 saturated heterocycles. The van der Waals surface area contributed by atoms with E-state index in [1.165, 1.54) is 12.1 Å². The average Bonchev–Trinajstić information content (AvgIpc) is 3.39. The summed E-state index contributed by atoms with van der Waals surface area (Å²) < 4.78 is 31.8. The molecule has 0 bridgehead atoms. The van der Waals surface area contributed by atoms with Gasteiger partial charge in [-0.2, -0.15) is 5.10 Å². The lowest BCUT2D eigenvalue weighted by Crippen LogP contribution is -2.19. The predicted molar refractivity (Wildman–Crippen MR) is 117 cm³/mol. The van der Waals surface area contributed by atoms with Gasteiger partial charge in [0.05, 0.1) is 29.1 Å². The molecule has 1 aliphatic heterocycles. The molecular formula is C24H22F2N6. The van der Waals surface area contributed by atoms with E-state index in [9.17, 15) is 8.78 Å². The summed E-state index contributed by atoms with van der Waals surface area (Å²) in [5.41, 5.74) is 3.90. The van der Waals surface area contributed by atoms with Crippen LogP contribution in [0.3, 0.4) is 0 Å². The van der Waals surface area contributed by atoms with Crippen molar-refractivity contribution in [2.75, 3.05) is 0 Å². The van der Waals surface area contributed by atoms with Crippen LogP contribution in [0.2, 0.25) is 0 Å². The Balaban J connectivity index is 1.41. The van der Waals surface area contributed by atoms with E-state index < -0.39 is 11.6 Å². The second-order valence-electron chi connectivity index (χ2n) is 8.01. The normalized spacial score (nSPS) is 15.9. The smallest absolute Gasteiger partial charge is 0.174 e. The number of benzene rings is 1. The van der Waals surface area contributed by atoms with Crippen molar-refractivity contribution in [2.45, 2.75) is 39.2 Å². The Kier molecular flexibility index (Phi) is 5.13. The van der Waals surface area contributed by atoms with Gasteiger partial charge in [0.2, 0.25) is 0 Å². The average molecular weight is 432 g/mol. The summed E-state index contributed by atoms with van der Waals surface area (Å²) in [6.07, 6.45) is 8.92. The van der Waals surface area contributed by atoms with Gasteiger partial charge in [0.15, 0.2) is 5.82 Å². The maximum atomic E-state index is 14.4. The summed E-state index contributed by atoms with van der Waals surface area (Å²) in [6, 6.07) is 7.49. The highest BCUT2D eigenvalue weighted by Gasteiger charge is 2.27. The van der Waals surface area contributed by atoms with E-state index in [1.54, 1.807) is 17.1 Å². The summed E-state index contributed by atoms with van der Waals surface area (Å²) in [5.74, 6) is 0.00641. The van der Waals surface area contributed by atoms with Crippen molar-refractivity contribution in [3.05, 3.63) is 88.8 Å². The van der Waals surface area contributed by atoms with E-state index in [2.05, 4.69) is 20.1 Å². The highest BCUT2D eigenvalue weighted by Crippen LogP contribution is 2.34. The van der Waals surface area contributed by atoms with Gasteiger partial charge in [0.25, 0.3) is 0 Å². The number of hydrogen-bond donors (Lipinski definition) is 0. The highest BCUT2D eigenvalue weighted by molar-refractivity contribution is 5.65. The maximum absolute atomic E-state index is 14.4. The third-order valence-electron chi connectivity index (χ3n) is 5.70. The minimum atomic E-state index is -0.450. The molecule has 1 aliphatic rings. The number of imidazole rings is 1. The number of rotatable bonds is 4. The number of pyridine rings is 1. The third-order valence-corrected chi connectivity index (χ3v) is 5.70. The van der Waals surface area contributed by atoms with E-state index in [4.69, 9.17) is 0 Å². The molecule has 1 aromatic carbocycles. The van der Waals surface area contributed by atoms with Gasteiger partial charge in [-0.25, -0.2) is 23.4 Å². The number of aryl methyl sites for hydroxylation is 3. The Morgan fingerprint density at radius 3 is 2.72 bits per heavy atom. The standard InChI is InChI=1S/C24H22F2N6/c1-15-13-31(14-27-15)22-9-6-18(28-16(22)2)7-10-23-29-24-19(4-3-11-32(24)30-23)20-12-17(25)5-8-21(20)26/h5-10,12-14,19H,3-4,11H2,1-2H3/b10-7+/t19-/m1/s1. The molecule has 32 heavy (non-hydrogen) atoms. The fourth-order valence-corrected chi connectivity index (χ4v) is 4.17. The molecule has 3 aromatic heterocycles. The Morgan fingerprint density at radius 2 is 1.94 bits per heavy atom. The molecule has 8 heteroatoms. The lowest BCUT2D eigenvalue weighted by atomic mass is 9.91. The molecule has 4 heterocycles. The summed E-state index contributed by atoms with van der Waals surface area (Å²) in [4.78, 5) is 13.5. The molecule has 5 rings (SSSR count). The Bertz CT molecular complexity index is 1320. The third kappa shape index (κ3) is 3.84. The van der Waals surface area contributed by atoms with Crippen LogP contribution in [0.1, 0.15) is 53.1 Å². The molecule has 0 fully saturated rings. The van der Waals surface area contributed by atoms with Crippen molar-refractivity contribution in [1.82, 2.24) is 29.3 Å². The molecule has 0 unspecified atom stereocenters. The second kappa shape index (κ2) is 8.11. The monoisotopic (exact) mass is 432 g/mol. The van der Waals surface area contributed by atoms with Gasteiger partial charge in [-0.05, 0) is 69.2 Å². The van der Waals surface area contributed by atoms with Crippen molar-refractivity contribution in [1.29, 1.82) is 0 Å². The zero-order chi connectivity index (χ0) is 22.2. The summed E-state index contributed by atoms with van der Waals surface area (Å²) in [7, 11) is 0. The number of halogens is 2. The lowest BCUT2D eigenvalue weighted by molar-refractivity contribution is 0.434. The van der Waals surface area contributed by atoms with E-state index in [0.717, 1.165) is 35.3 Å². The fraction of sp³-hybridized carbons (Fsp3) is 0.250. The number of hydrogen-bond acceptors (Lipinski definition) is 4. The van der Waals surface area contributed by atoms with E-state index in [1.807, 2.05) is 42.8 Å². The first kappa shape index (κ1) is 20.2. The first-order chi connectivity index (χ1) is 15.5. The van der Waals surface area contributed by atoms with Gasteiger partial charge in [0, 0.05) is 24.2 Å². The van der Waals surface area contributed by atoms with Gasteiger partial charge in [0.1, 0.15) is 17.5 Å². The van der Waals surface area contributed by atoms with E-state index in [-0.39, 0.29) is 5.92 Å². The molecule has 162 valence electrons. The van der Waals surface area contributed by atoms with Crippen molar-refractivity contribution in [3.8, 4) is 5.69 Å². The van der Waals surface area contributed by atoms with Crippen LogP contribution >= 0.6 is 0 Å². The second-order valence-corrected chi connectivity index (χ2v) is 8.01. The van der Waals surface area contributed by atoms with Crippen LogP contribution in [0.25, 0.3) is 17.8 Å². The van der Waals surface area contributed by atoms with Crippen LogP contribution < -0.4 is 0 Å². The van der Waals surface area contributed by atoms with Crippen LogP contribution in [0.4, 0.5) is 8.78 Å². The zero-order valence-corrected chi connectivity index (χ0v) is 17.8. The van der Waals surface area contributed by atoms with Crippen molar-refractivity contribution < 1.29 is 8.78 Å². The number of aromatic nitrogens is 6.